The Hall–Kier alpha value is -3.00. The predicted octanol–water partition coefficient (Wildman–Crippen LogP) is 2.30. The molecule has 2 aromatic carbocycles. The fourth-order valence-corrected chi connectivity index (χ4v) is 2.70. The zero-order valence-corrected chi connectivity index (χ0v) is 14.9. The van der Waals surface area contributed by atoms with E-state index in [-0.39, 0.29) is 11.1 Å². The van der Waals surface area contributed by atoms with Crippen LogP contribution in [0.2, 0.25) is 0 Å². The first-order valence-corrected chi connectivity index (χ1v) is 9.47. The van der Waals surface area contributed by atoms with Gasteiger partial charge in [0, 0.05) is 16.8 Å². The summed E-state index contributed by atoms with van der Waals surface area (Å²) in [5, 5.41) is 0. The summed E-state index contributed by atoms with van der Waals surface area (Å²) < 4.78 is 29.8. The van der Waals surface area contributed by atoms with Crippen LogP contribution in [0.1, 0.15) is 38.0 Å². The Morgan fingerprint density at radius 1 is 1.00 bits per heavy atom. The van der Waals surface area contributed by atoms with Crippen LogP contribution in [-0.2, 0) is 14.8 Å². The number of anilines is 1. The molecule has 0 amide bonds. The molecular weight excluding hydrogens is 358 g/mol. The van der Waals surface area contributed by atoms with Crippen LogP contribution in [-0.4, -0.2) is 38.8 Å². The number of rotatable bonds is 7. The van der Waals surface area contributed by atoms with Crippen molar-refractivity contribution in [2.45, 2.75) is 13.0 Å². The van der Waals surface area contributed by atoms with Gasteiger partial charge in [0.25, 0.3) is 0 Å². The van der Waals surface area contributed by atoms with Crippen molar-refractivity contribution in [2.24, 2.45) is 0 Å². The molecule has 7 nitrogen and oxygen atoms in total. The van der Waals surface area contributed by atoms with Gasteiger partial charge in [-0.25, -0.2) is 13.2 Å². The van der Waals surface area contributed by atoms with Gasteiger partial charge in [-0.15, -0.1) is 0 Å². The molecular formula is C18H17NO6S. The molecule has 8 heteroatoms. The van der Waals surface area contributed by atoms with Crippen molar-refractivity contribution in [3.8, 4) is 0 Å². The minimum absolute atomic E-state index is 0.225. The van der Waals surface area contributed by atoms with E-state index in [1.54, 1.807) is 0 Å². The largest absolute Gasteiger partial charge is 0.451 e. The molecule has 0 aliphatic carbocycles. The Kier molecular flexibility index (Phi) is 5.89. The average molecular weight is 375 g/mol. The summed E-state index contributed by atoms with van der Waals surface area (Å²) in [5.41, 5.74) is 1.25. The van der Waals surface area contributed by atoms with E-state index in [4.69, 9.17) is 4.74 Å². The number of nitrogens with one attached hydrogen (secondary N) is 1. The van der Waals surface area contributed by atoms with Crippen LogP contribution < -0.4 is 4.72 Å². The SMILES string of the molecule is C[C@H](OC(=O)c1ccc(C=O)cc1)C(=O)c1ccc(NS(C)(=O)=O)cc1. The number of esters is 1. The van der Waals surface area contributed by atoms with E-state index < -0.39 is 27.9 Å². The summed E-state index contributed by atoms with van der Waals surface area (Å²) in [6, 6.07) is 11.6. The first kappa shape index (κ1) is 19.3. The third kappa shape index (κ3) is 5.25. The van der Waals surface area contributed by atoms with Gasteiger partial charge < -0.3 is 4.74 Å². The highest BCUT2D eigenvalue weighted by molar-refractivity contribution is 7.92. The molecule has 0 radical (unpaired) electrons. The maximum atomic E-state index is 12.3. The van der Waals surface area contributed by atoms with E-state index in [0.717, 1.165) is 6.26 Å². The highest BCUT2D eigenvalue weighted by Gasteiger charge is 2.20. The minimum atomic E-state index is -3.40. The Balaban J connectivity index is 2.04. The first-order valence-electron chi connectivity index (χ1n) is 7.58. The number of carbonyl (C=O) groups excluding carboxylic acids is 3. The minimum Gasteiger partial charge on any atom is -0.451 e. The van der Waals surface area contributed by atoms with E-state index in [1.165, 1.54) is 55.5 Å². The Labute approximate surface area is 151 Å². The van der Waals surface area contributed by atoms with Crippen LogP contribution in [0.25, 0.3) is 0 Å². The normalized spacial score (nSPS) is 12.1. The molecule has 0 saturated carbocycles. The van der Waals surface area contributed by atoms with Gasteiger partial charge in [-0.3, -0.25) is 14.3 Å². The Bertz CT molecular complexity index is 917. The lowest BCUT2D eigenvalue weighted by molar-refractivity contribution is 0.0318. The molecule has 1 N–H and O–H groups in total. The summed E-state index contributed by atoms with van der Waals surface area (Å²) in [5.74, 6) is -1.10. The summed E-state index contributed by atoms with van der Waals surface area (Å²) in [6.07, 6.45) is 0.653. The second kappa shape index (κ2) is 7.92. The molecule has 0 heterocycles. The second-order valence-corrected chi connectivity index (χ2v) is 7.35. The van der Waals surface area contributed by atoms with Gasteiger partial charge in [0.15, 0.2) is 6.10 Å². The van der Waals surface area contributed by atoms with Crippen molar-refractivity contribution in [3.63, 3.8) is 0 Å². The molecule has 0 fully saturated rings. The van der Waals surface area contributed by atoms with Crippen LogP contribution in [0.15, 0.2) is 48.5 Å². The fourth-order valence-electron chi connectivity index (χ4n) is 2.13. The number of ether oxygens (including phenoxy) is 1. The van der Waals surface area contributed by atoms with Crippen molar-refractivity contribution in [1.82, 2.24) is 0 Å². The van der Waals surface area contributed by atoms with Crippen LogP contribution in [0, 0.1) is 0 Å². The maximum absolute atomic E-state index is 12.3. The van der Waals surface area contributed by atoms with Gasteiger partial charge in [0.1, 0.15) is 6.29 Å². The van der Waals surface area contributed by atoms with Crippen molar-refractivity contribution in [2.75, 3.05) is 11.0 Å². The summed E-state index contributed by atoms with van der Waals surface area (Å²) in [4.78, 5) is 35.0. The molecule has 1 atom stereocenters. The summed E-state index contributed by atoms with van der Waals surface area (Å²) >= 11 is 0. The number of carbonyl (C=O) groups is 3. The average Bonchev–Trinajstić information content (AvgIpc) is 2.60. The van der Waals surface area contributed by atoms with Crippen LogP contribution in [0.3, 0.4) is 0 Å². The highest BCUT2D eigenvalue weighted by atomic mass is 32.2. The van der Waals surface area contributed by atoms with Gasteiger partial charge in [-0.1, -0.05) is 12.1 Å². The number of ketones is 1. The highest BCUT2D eigenvalue weighted by Crippen LogP contribution is 2.14. The van der Waals surface area contributed by atoms with Crippen molar-refractivity contribution < 1.29 is 27.5 Å². The lowest BCUT2D eigenvalue weighted by Gasteiger charge is -2.13. The van der Waals surface area contributed by atoms with Crippen molar-refractivity contribution in [3.05, 3.63) is 65.2 Å². The number of Topliss-reactive ketones (excluding diaryl/α,β-unsaturated/α-hetero) is 1. The predicted molar refractivity (Wildman–Crippen MR) is 95.9 cm³/mol. The zero-order valence-electron chi connectivity index (χ0n) is 14.1. The lowest BCUT2D eigenvalue weighted by Crippen LogP contribution is -2.24. The Morgan fingerprint density at radius 2 is 1.54 bits per heavy atom. The molecule has 2 rings (SSSR count). The third-order valence-corrected chi connectivity index (χ3v) is 4.01. The number of benzene rings is 2. The Morgan fingerprint density at radius 3 is 2.04 bits per heavy atom. The van der Waals surface area contributed by atoms with E-state index in [0.29, 0.717) is 17.5 Å². The molecule has 0 unspecified atom stereocenters. The lowest BCUT2D eigenvalue weighted by atomic mass is 10.1. The van der Waals surface area contributed by atoms with E-state index in [1.807, 2.05) is 0 Å². The van der Waals surface area contributed by atoms with Gasteiger partial charge >= 0.3 is 5.97 Å². The first-order chi connectivity index (χ1) is 12.2. The van der Waals surface area contributed by atoms with E-state index in [9.17, 15) is 22.8 Å². The third-order valence-electron chi connectivity index (χ3n) is 3.41. The van der Waals surface area contributed by atoms with Gasteiger partial charge in [0.05, 0.1) is 11.8 Å². The van der Waals surface area contributed by atoms with Crippen LogP contribution in [0.5, 0.6) is 0 Å². The van der Waals surface area contributed by atoms with Crippen molar-refractivity contribution >= 4 is 33.7 Å². The van der Waals surface area contributed by atoms with E-state index >= 15 is 0 Å². The van der Waals surface area contributed by atoms with Gasteiger partial charge in [0.2, 0.25) is 15.8 Å². The number of hydrogen-bond acceptors (Lipinski definition) is 6. The van der Waals surface area contributed by atoms with E-state index in [2.05, 4.69) is 4.72 Å². The molecule has 2 aromatic rings. The fraction of sp³-hybridized carbons (Fsp3) is 0.167. The molecule has 136 valence electrons. The molecule has 0 spiro atoms. The van der Waals surface area contributed by atoms with Gasteiger partial charge in [-0.2, -0.15) is 0 Å². The van der Waals surface area contributed by atoms with Crippen molar-refractivity contribution in [1.29, 1.82) is 0 Å². The van der Waals surface area contributed by atoms with Gasteiger partial charge in [-0.05, 0) is 43.3 Å². The summed E-state index contributed by atoms with van der Waals surface area (Å²) in [7, 11) is -3.40. The monoisotopic (exact) mass is 375 g/mol. The number of hydrogen-bond donors (Lipinski definition) is 1. The second-order valence-electron chi connectivity index (χ2n) is 5.60. The molecule has 0 saturated heterocycles. The standard InChI is InChI=1S/C18H17NO6S/c1-12(25-18(22)15-5-3-13(11-20)4-6-15)17(21)14-7-9-16(10-8-14)19-26(2,23)24/h3-12,19H,1-2H3/t12-/m0/s1. The topological polar surface area (TPSA) is 107 Å². The molecule has 26 heavy (non-hydrogen) atoms. The quantitative estimate of drug-likeness (QED) is 0.452. The smallest absolute Gasteiger partial charge is 0.338 e. The number of aldehydes is 1. The molecule has 0 aliphatic heterocycles. The zero-order chi connectivity index (χ0) is 19.3. The number of sulfonamides is 1. The van der Waals surface area contributed by atoms with Crippen LogP contribution >= 0.6 is 0 Å². The summed E-state index contributed by atoms with van der Waals surface area (Å²) in [6.45, 7) is 1.45. The molecule has 0 bridgehead atoms. The maximum Gasteiger partial charge on any atom is 0.338 e. The molecule has 0 aliphatic rings. The van der Waals surface area contributed by atoms with Crippen LogP contribution in [0.4, 0.5) is 5.69 Å². The molecule has 0 aromatic heterocycles.